The third-order valence-electron chi connectivity index (χ3n) is 3.97. The maximum absolute atomic E-state index is 11.5. The summed E-state index contributed by atoms with van der Waals surface area (Å²) < 4.78 is 5.43. The van der Waals surface area contributed by atoms with Gasteiger partial charge in [0.1, 0.15) is 6.10 Å². The zero-order valence-electron chi connectivity index (χ0n) is 10.8. The van der Waals surface area contributed by atoms with Crippen molar-refractivity contribution >= 4 is 19.2 Å². The van der Waals surface area contributed by atoms with Gasteiger partial charge in [0.2, 0.25) is 0 Å². The molecular weight excluding hydrogens is 228 g/mol. The minimum absolute atomic E-state index is 0.0154. The quantitative estimate of drug-likeness (QED) is 0.607. The summed E-state index contributed by atoms with van der Waals surface area (Å²) in [6, 6.07) is 10.6. The molecule has 0 spiro atoms. The number of rotatable bonds is 3. The second-order valence-electron chi connectivity index (χ2n) is 5.33. The highest BCUT2D eigenvalue weighted by Crippen LogP contribution is 2.37. The first kappa shape index (κ1) is 12.4. The van der Waals surface area contributed by atoms with Crippen molar-refractivity contribution in [1.82, 2.24) is 0 Å². The standard InChI is InChI=1S/C14H20O2Si/c1-4-12-13(10-14(15)16-12)17(2,3)11-8-6-5-7-9-11/h5-9,12-13H,4,10H2,1-3H3/t12-,13+/m0/s1. The first-order chi connectivity index (χ1) is 8.05. The molecule has 2 rings (SSSR count). The molecule has 1 heterocycles. The minimum Gasteiger partial charge on any atom is -0.462 e. The van der Waals surface area contributed by atoms with Crippen molar-refractivity contribution in [2.24, 2.45) is 0 Å². The smallest absolute Gasteiger partial charge is 0.306 e. The number of cyclic esters (lactones) is 1. The summed E-state index contributed by atoms with van der Waals surface area (Å²) in [4.78, 5) is 11.5. The van der Waals surface area contributed by atoms with Gasteiger partial charge in [0.25, 0.3) is 0 Å². The van der Waals surface area contributed by atoms with E-state index in [0.29, 0.717) is 12.0 Å². The summed E-state index contributed by atoms with van der Waals surface area (Å²) in [5.41, 5.74) is 0.419. The lowest BCUT2D eigenvalue weighted by Crippen LogP contribution is -2.48. The van der Waals surface area contributed by atoms with Gasteiger partial charge >= 0.3 is 5.97 Å². The van der Waals surface area contributed by atoms with Gasteiger partial charge in [-0.2, -0.15) is 0 Å². The van der Waals surface area contributed by atoms with Crippen molar-refractivity contribution < 1.29 is 9.53 Å². The van der Waals surface area contributed by atoms with Crippen LogP contribution in [0.5, 0.6) is 0 Å². The molecule has 92 valence electrons. The van der Waals surface area contributed by atoms with Gasteiger partial charge in [-0.15, -0.1) is 0 Å². The monoisotopic (exact) mass is 248 g/mol. The van der Waals surface area contributed by atoms with Crippen molar-refractivity contribution in [2.45, 2.75) is 44.5 Å². The normalized spacial score (nSPS) is 24.8. The van der Waals surface area contributed by atoms with E-state index >= 15 is 0 Å². The van der Waals surface area contributed by atoms with Crippen molar-refractivity contribution in [3.8, 4) is 0 Å². The molecule has 0 bridgehead atoms. The molecule has 1 saturated heterocycles. The Labute approximate surface area is 104 Å². The van der Waals surface area contributed by atoms with Crippen LogP contribution < -0.4 is 5.19 Å². The maximum Gasteiger partial charge on any atom is 0.306 e. The molecule has 1 fully saturated rings. The molecule has 0 unspecified atom stereocenters. The summed E-state index contributed by atoms with van der Waals surface area (Å²) in [5.74, 6) is -0.0154. The van der Waals surface area contributed by atoms with Crippen LogP contribution in [0, 0.1) is 0 Å². The zero-order chi connectivity index (χ0) is 12.5. The Kier molecular flexibility index (Phi) is 3.38. The Morgan fingerprint density at radius 2 is 1.94 bits per heavy atom. The predicted octanol–water partition coefficient (Wildman–Crippen LogP) is 2.70. The van der Waals surface area contributed by atoms with Gasteiger partial charge in [-0.1, -0.05) is 55.5 Å². The predicted molar refractivity (Wildman–Crippen MR) is 72.1 cm³/mol. The van der Waals surface area contributed by atoms with Gasteiger partial charge in [-0.3, -0.25) is 4.79 Å². The van der Waals surface area contributed by atoms with Gasteiger partial charge in [0.15, 0.2) is 0 Å². The lowest BCUT2D eigenvalue weighted by Gasteiger charge is -2.32. The molecule has 0 aliphatic carbocycles. The molecule has 0 amide bonds. The van der Waals surface area contributed by atoms with Crippen LogP contribution in [0.15, 0.2) is 30.3 Å². The first-order valence-electron chi connectivity index (χ1n) is 6.30. The van der Waals surface area contributed by atoms with Crippen LogP contribution in [0.2, 0.25) is 18.6 Å². The van der Waals surface area contributed by atoms with E-state index in [1.54, 1.807) is 0 Å². The lowest BCUT2D eigenvalue weighted by molar-refractivity contribution is -0.141. The Balaban J connectivity index is 2.29. The van der Waals surface area contributed by atoms with Gasteiger partial charge in [0.05, 0.1) is 8.07 Å². The highest BCUT2D eigenvalue weighted by atomic mass is 28.3. The highest BCUT2D eigenvalue weighted by molar-refractivity contribution is 6.91. The Bertz CT molecular complexity index is 400. The molecule has 1 aliphatic rings. The van der Waals surface area contributed by atoms with E-state index in [4.69, 9.17) is 4.74 Å². The van der Waals surface area contributed by atoms with Gasteiger partial charge < -0.3 is 4.74 Å². The van der Waals surface area contributed by atoms with Crippen molar-refractivity contribution in [1.29, 1.82) is 0 Å². The molecule has 0 N–H and O–H groups in total. The largest absolute Gasteiger partial charge is 0.462 e. The fraction of sp³-hybridized carbons (Fsp3) is 0.500. The van der Waals surface area contributed by atoms with E-state index in [-0.39, 0.29) is 12.1 Å². The third kappa shape index (κ3) is 2.29. The fourth-order valence-corrected chi connectivity index (χ4v) is 6.17. The van der Waals surface area contributed by atoms with Crippen LogP contribution in [-0.2, 0) is 9.53 Å². The molecule has 0 radical (unpaired) electrons. The summed E-state index contributed by atoms with van der Waals surface area (Å²) >= 11 is 0. The Morgan fingerprint density at radius 3 is 2.53 bits per heavy atom. The van der Waals surface area contributed by atoms with Crippen molar-refractivity contribution in [2.75, 3.05) is 0 Å². The Morgan fingerprint density at radius 1 is 1.29 bits per heavy atom. The molecular formula is C14H20O2Si. The maximum atomic E-state index is 11.5. The molecule has 1 aromatic carbocycles. The van der Waals surface area contributed by atoms with Gasteiger partial charge in [0, 0.05) is 12.0 Å². The zero-order valence-corrected chi connectivity index (χ0v) is 11.8. The summed E-state index contributed by atoms with van der Waals surface area (Å²) in [7, 11) is -1.62. The third-order valence-corrected chi connectivity index (χ3v) is 8.22. The van der Waals surface area contributed by atoms with E-state index < -0.39 is 8.07 Å². The molecule has 1 aromatic rings. The van der Waals surface area contributed by atoms with Crippen LogP contribution >= 0.6 is 0 Å². The number of carbonyl (C=O) groups excluding carboxylic acids is 1. The molecule has 3 heteroatoms. The Hall–Kier alpha value is -1.09. The van der Waals surface area contributed by atoms with E-state index in [9.17, 15) is 4.79 Å². The van der Waals surface area contributed by atoms with E-state index in [1.165, 1.54) is 5.19 Å². The molecule has 0 saturated carbocycles. The summed E-state index contributed by atoms with van der Waals surface area (Å²) in [6.07, 6.45) is 1.66. The van der Waals surface area contributed by atoms with Crippen molar-refractivity contribution in [3.05, 3.63) is 30.3 Å². The number of carbonyl (C=O) groups is 1. The average molecular weight is 248 g/mol. The van der Waals surface area contributed by atoms with Crippen LogP contribution in [0.1, 0.15) is 19.8 Å². The van der Waals surface area contributed by atoms with Crippen molar-refractivity contribution in [3.63, 3.8) is 0 Å². The number of hydrogen-bond acceptors (Lipinski definition) is 2. The van der Waals surface area contributed by atoms with Crippen LogP contribution in [0.3, 0.4) is 0 Å². The molecule has 17 heavy (non-hydrogen) atoms. The highest BCUT2D eigenvalue weighted by Gasteiger charge is 2.45. The second kappa shape index (κ2) is 4.65. The molecule has 0 aromatic heterocycles. The van der Waals surface area contributed by atoms with E-state index in [0.717, 1.165) is 6.42 Å². The molecule has 2 atom stereocenters. The molecule has 2 nitrogen and oxygen atoms in total. The van der Waals surface area contributed by atoms with Gasteiger partial charge in [-0.05, 0) is 6.42 Å². The number of hydrogen-bond donors (Lipinski definition) is 0. The van der Waals surface area contributed by atoms with Crippen LogP contribution in [0.4, 0.5) is 0 Å². The van der Waals surface area contributed by atoms with Gasteiger partial charge in [-0.25, -0.2) is 0 Å². The number of ether oxygens (including phenoxy) is 1. The van der Waals surface area contributed by atoms with E-state index in [2.05, 4.69) is 44.3 Å². The second-order valence-corrected chi connectivity index (χ2v) is 10.1. The number of benzene rings is 1. The summed E-state index contributed by atoms with van der Waals surface area (Å²) in [6.45, 7) is 6.79. The first-order valence-corrected chi connectivity index (χ1v) is 9.38. The summed E-state index contributed by atoms with van der Waals surface area (Å²) in [5, 5.41) is 1.42. The minimum atomic E-state index is -1.62. The number of esters is 1. The molecule has 1 aliphatic heterocycles. The topological polar surface area (TPSA) is 26.3 Å². The SMILES string of the molecule is CC[C@@H]1OC(=O)C[C@H]1[Si](C)(C)c1ccccc1. The van der Waals surface area contributed by atoms with Crippen LogP contribution in [-0.4, -0.2) is 20.1 Å². The van der Waals surface area contributed by atoms with Crippen LogP contribution in [0.25, 0.3) is 0 Å². The average Bonchev–Trinajstić information content (AvgIpc) is 2.72. The van der Waals surface area contributed by atoms with E-state index in [1.807, 2.05) is 6.07 Å². The fourth-order valence-electron chi connectivity index (χ4n) is 2.78. The lowest BCUT2D eigenvalue weighted by atomic mass is 10.2.